The lowest BCUT2D eigenvalue weighted by Gasteiger charge is -2.27. The maximum atomic E-state index is 10.1. The van der Waals surface area contributed by atoms with E-state index in [-0.39, 0.29) is 5.75 Å². The van der Waals surface area contributed by atoms with Gasteiger partial charge in [-0.25, -0.2) is 15.0 Å². The number of phenolic OH excluding ortho intramolecular Hbond substituents is 1. The van der Waals surface area contributed by atoms with Crippen molar-refractivity contribution < 1.29 is 5.11 Å². The van der Waals surface area contributed by atoms with Crippen LogP contribution in [0.4, 0.5) is 5.69 Å². The van der Waals surface area contributed by atoms with Crippen molar-refractivity contribution in [3.8, 4) is 17.1 Å². The molecule has 0 amide bonds. The molecule has 144 valence electrons. The summed E-state index contributed by atoms with van der Waals surface area (Å²) in [6.45, 7) is 2.42. The summed E-state index contributed by atoms with van der Waals surface area (Å²) < 4.78 is 0. The summed E-state index contributed by atoms with van der Waals surface area (Å²) in [5.74, 6) is 0.959. The van der Waals surface area contributed by atoms with Crippen LogP contribution in [0.3, 0.4) is 0 Å². The lowest BCUT2D eigenvalue weighted by molar-refractivity contribution is 0.240. The molecule has 0 radical (unpaired) electrons. The van der Waals surface area contributed by atoms with E-state index in [0.29, 0.717) is 5.52 Å². The molecule has 0 unspecified atom stereocenters. The number of hydrogen-bond acceptors (Lipinski definition) is 6. The summed E-state index contributed by atoms with van der Waals surface area (Å²) in [7, 11) is 0. The highest BCUT2D eigenvalue weighted by Gasteiger charge is 2.19. The number of hydrogen-bond donors (Lipinski definition) is 2. The average Bonchev–Trinajstić information content (AvgIpc) is 2.74. The molecule has 3 heterocycles. The monoisotopic (exact) mass is 383 g/mol. The van der Waals surface area contributed by atoms with Crippen LogP contribution in [0.2, 0.25) is 0 Å². The molecule has 4 aromatic rings. The SMILES string of the molecule is Nc1ccc(-c2ncc3c(n2)CCN(Cc2ccc4cccc(O)c4n2)C3)cc1. The third-order valence-corrected chi connectivity index (χ3v) is 5.32. The van der Waals surface area contributed by atoms with Gasteiger partial charge in [0.05, 0.1) is 11.4 Å². The number of phenols is 1. The van der Waals surface area contributed by atoms with Gasteiger partial charge in [0.25, 0.3) is 0 Å². The standard InChI is InChI=1S/C23H21N5O/c24-18-7-4-16(5-8-18)23-25-12-17-13-28(11-10-20(17)27-23)14-19-9-6-15-2-1-3-21(29)22(15)26-19/h1-9,12,29H,10-11,13-14,24H2. The Morgan fingerprint density at radius 2 is 1.86 bits per heavy atom. The molecule has 0 aliphatic carbocycles. The van der Waals surface area contributed by atoms with Gasteiger partial charge in [0.15, 0.2) is 5.82 Å². The van der Waals surface area contributed by atoms with Gasteiger partial charge in [-0.2, -0.15) is 0 Å². The molecule has 1 aliphatic rings. The summed E-state index contributed by atoms with van der Waals surface area (Å²) in [5, 5.41) is 11.0. The van der Waals surface area contributed by atoms with E-state index in [9.17, 15) is 5.11 Å². The number of para-hydroxylation sites is 1. The third-order valence-electron chi connectivity index (χ3n) is 5.32. The van der Waals surface area contributed by atoms with Crippen molar-refractivity contribution in [3.63, 3.8) is 0 Å². The van der Waals surface area contributed by atoms with Crippen molar-refractivity contribution in [1.29, 1.82) is 0 Å². The number of aromatic nitrogens is 3. The number of anilines is 1. The predicted molar refractivity (Wildman–Crippen MR) is 113 cm³/mol. The Morgan fingerprint density at radius 1 is 1.00 bits per heavy atom. The molecule has 29 heavy (non-hydrogen) atoms. The zero-order valence-electron chi connectivity index (χ0n) is 15.9. The Kier molecular flexibility index (Phi) is 4.33. The van der Waals surface area contributed by atoms with Gasteiger partial charge in [-0.1, -0.05) is 18.2 Å². The molecule has 2 aromatic carbocycles. The van der Waals surface area contributed by atoms with E-state index in [2.05, 4.69) is 14.9 Å². The van der Waals surface area contributed by atoms with Gasteiger partial charge >= 0.3 is 0 Å². The highest BCUT2D eigenvalue weighted by Crippen LogP contribution is 2.25. The molecular weight excluding hydrogens is 362 g/mol. The Bertz CT molecular complexity index is 1190. The van der Waals surface area contributed by atoms with Gasteiger partial charge in [0, 0.05) is 54.5 Å². The molecule has 0 bridgehead atoms. The van der Waals surface area contributed by atoms with Gasteiger partial charge in [-0.3, -0.25) is 4.90 Å². The molecule has 0 saturated heterocycles. The first kappa shape index (κ1) is 17.6. The van der Waals surface area contributed by atoms with Crippen molar-refractivity contribution >= 4 is 16.6 Å². The van der Waals surface area contributed by atoms with Crippen LogP contribution in [-0.4, -0.2) is 31.5 Å². The second-order valence-electron chi connectivity index (χ2n) is 7.40. The fourth-order valence-corrected chi connectivity index (χ4v) is 3.77. The minimum absolute atomic E-state index is 0.219. The lowest BCUT2D eigenvalue weighted by Crippen LogP contribution is -2.31. The van der Waals surface area contributed by atoms with E-state index in [1.165, 1.54) is 0 Å². The summed E-state index contributed by atoms with van der Waals surface area (Å²) in [4.78, 5) is 16.3. The number of aromatic hydroxyl groups is 1. The molecule has 1 aliphatic heterocycles. The second-order valence-corrected chi connectivity index (χ2v) is 7.40. The molecule has 0 fully saturated rings. The first-order valence-electron chi connectivity index (χ1n) is 9.66. The van der Waals surface area contributed by atoms with Crippen molar-refractivity contribution in [1.82, 2.24) is 19.9 Å². The molecule has 5 rings (SSSR count). The number of fused-ring (bicyclic) bond motifs is 2. The topological polar surface area (TPSA) is 88.2 Å². The van der Waals surface area contributed by atoms with E-state index in [4.69, 9.17) is 10.7 Å². The van der Waals surface area contributed by atoms with Crippen LogP contribution in [0.1, 0.15) is 17.0 Å². The van der Waals surface area contributed by atoms with Crippen LogP contribution >= 0.6 is 0 Å². The Balaban J connectivity index is 1.35. The number of pyridine rings is 1. The molecule has 3 N–H and O–H groups in total. The van der Waals surface area contributed by atoms with E-state index in [0.717, 1.165) is 65.5 Å². The number of rotatable bonds is 3. The zero-order chi connectivity index (χ0) is 19.8. The largest absolute Gasteiger partial charge is 0.506 e. The molecule has 2 aromatic heterocycles. The molecular formula is C23H21N5O. The van der Waals surface area contributed by atoms with Gasteiger partial charge in [0.1, 0.15) is 11.3 Å². The van der Waals surface area contributed by atoms with Crippen LogP contribution in [-0.2, 0) is 19.5 Å². The molecule has 0 saturated carbocycles. The van der Waals surface area contributed by atoms with Crippen molar-refractivity contribution in [2.24, 2.45) is 0 Å². The van der Waals surface area contributed by atoms with Gasteiger partial charge in [-0.05, 0) is 36.4 Å². The maximum absolute atomic E-state index is 10.1. The number of nitrogens with zero attached hydrogens (tertiary/aromatic N) is 4. The molecule has 0 spiro atoms. The fraction of sp³-hybridized carbons (Fsp3) is 0.174. The minimum Gasteiger partial charge on any atom is -0.506 e. The van der Waals surface area contributed by atoms with E-state index >= 15 is 0 Å². The van der Waals surface area contributed by atoms with Crippen molar-refractivity contribution in [2.45, 2.75) is 19.5 Å². The lowest BCUT2D eigenvalue weighted by atomic mass is 10.1. The van der Waals surface area contributed by atoms with Crippen molar-refractivity contribution in [3.05, 3.63) is 77.7 Å². The first-order valence-corrected chi connectivity index (χ1v) is 9.66. The summed E-state index contributed by atoms with van der Waals surface area (Å²) in [5.41, 5.74) is 11.3. The van der Waals surface area contributed by atoms with Crippen LogP contribution < -0.4 is 5.73 Å². The molecule has 6 nitrogen and oxygen atoms in total. The highest BCUT2D eigenvalue weighted by molar-refractivity contribution is 5.84. The van der Waals surface area contributed by atoms with E-state index in [1.807, 2.05) is 54.7 Å². The zero-order valence-corrected chi connectivity index (χ0v) is 15.9. The summed E-state index contributed by atoms with van der Waals surface area (Å²) in [6, 6.07) is 17.1. The van der Waals surface area contributed by atoms with E-state index in [1.54, 1.807) is 6.07 Å². The fourth-order valence-electron chi connectivity index (χ4n) is 3.77. The van der Waals surface area contributed by atoms with Gasteiger partial charge in [-0.15, -0.1) is 0 Å². The Morgan fingerprint density at radius 3 is 2.72 bits per heavy atom. The smallest absolute Gasteiger partial charge is 0.159 e. The third kappa shape index (κ3) is 3.50. The number of benzene rings is 2. The molecule has 6 heteroatoms. The highest BCUT2D eigenvalue weighted by atomic mass is 16.3. The maximum Gasteiger partial charge on any atom is 0.159 e. The normalized spacial score (nSPS) is 14.1. The Labute approximate surface area is 168 Å². The van der Waals surface area contributed by atoms with E-state index < -0.39 is 0 Å². The quantitative estimate of drug-likeness (QED) is 0.526. The van der Waals surface area contributed by atoms with Crippen LogP contribution in [0.25, 0.3) is 22.3 Å². The second kappa shape index (κ2) is 7.14. The van der Waals surface area contributed by atoms with Crippen LogP contribution in [0.15, 0.2) is 60.8 Å². The van der Waals surface area contributed by atoms with Crippen molar-refractivity contribution in [2.75, 3.05) is 12.3 Å². The van der Waals surface area contributed by atoms with Gasteiger partial charge < -0.3 is 10.8 Å². The Hall–Kier alpha value is -3.51. The predicted octanol–water partition coefficient (Wildman–Crippen LogP) is 3.54. The summed E-state index contributed by atoms with van der Waals surface area (Å²) >= 11 is 0. The van der Waals surface area contributed by atoms with Gasteiger partial charge in [0.2, 0.25) is 0 Å². The first-order chi connectivity index (χ1) is 14.2. The average molecular weight is 383 g/mol. The number of nitrogen functional groups attached to an aromatic ring is 1. The molecule has 0 atom stereocenters. The van der Waals surface area contributed by atoms with Crippen LogP contribution in [0.5, 0.6) is 5.75 Å². The minimum atomic E-state index is 0.219. The number of nitrogens with two attached hydrogens (primary N) is 1. The van der Waals surface area contributed by atoms with Crippen LogP contribution in [0, 0.1) is 0 Å². The summed E-state index contributed by atoms with van der Waals surface area (Å²) in [6.07, 6.45) is 2.80.